The molecular formula is C20H28N4OS. The number of aromatic nitrogens is 2. The Morgan fingerprint density at radius 2 is 2.08 bits per heavy atom. The van der Waals surface area contributed by atoms with Crippen molar-refractivity contribution in [3.63, 3.8) is 0 Å². The van der Waals surface area contributed by atoms with Gasteiger partial charge < -0.3 is 9.80 Å². The van der Waals surface area contributed by atoms with Crippen molar-refractivity contribution >= 4 is 17.2 Å². The second kappa shape index (κ2) is 8.35. The maximum absolute atomic E-state index is 12.9. The quantitative estimate of drug-likeness (QED) is 0.810. The Morgan fingerprint density at radius 3 is 2.88 bits per heavy atom. The van der Waals surface area contributed by atoms with Gasteiger partial charge in [-0.1, -0.05) is 6.42 Å². The second-order valence-electron chi connectivity index (χ2n) is 7.64. The van der Waals surface area contributed by atoms with Crippen molar-refractivity contribution in [3.8, 4) is 0 Å². The average molecular weight is 373 g/mol. The average Bonchev–Trinajstić information content (AvgIpc) is 3.29. The Bertz CT molecular complexity index is 705. The molecule has 0 N–H and O–H groups in total. The lowest BCUT2D eigenvalue weighted by Gasteiger charge is -2.29. The molecule has 2 aliphatic heterocycles. The number of carbonyl (C=O) groups excluding carboxylic acids is 1. The number of thiophene rings is 1. The first-order chi connectivity index (χ1) is 12.8. The molecule has 0 bridgehead atoms. The molecule has 1 saturated heterocycles. The smallest absolute Gasteiger partial charge is 0.227 e. The van der Waals surface area contributed by atoms with Gasteiger partial charge in [0.25, 0.3) is 0 Å². The Labute approximate surface area is 159 Å². The van der Waals surface area contributed by atoms with Gasteiger partial charge in [0, 0.05) is 19.3 Å². The molecule has 4 heterocycles. The number of fused-ring (bicyclic) bond motifs is 1. The van der Waals surface area contributed by atoms with Crippen LogP contribution in [-0.4, -0.2) is 51.7 Å². The van der Waals surface area contributed by atoms with Gasteiger partial charge in [-0.25, -0.2) is 0 Å². The van der Waals surface area contributed by atoms with E-state index in [9.17, 15) is 4.79 Å². The lowest BCUT2D eigenvalue weighted by molar-refractivity contribution is -0.131. The molecule has 1 atom stereocenters. The number of amides is 1. The monoisotopic (exact) mass is 372 g/mol. The van der Waals surface area contributed by atoms with Crippen molar-refractivity contribution in [2.45, 2.75) is 45.2 Å². The van der Waals surface area contributed by atoms with E-state index in [1.54, 1.807) is 11.3 Å². The molecule has 140 valence electrons. The van der Waals surface area contributed by atoms with Gasteiger partial charge in [-0.15, -0.1) is 0 Å². The van der Waals surface area contributed by atoms with E-state index in [4.69, 9.17) is 0 Å². The Kier molecular flexibility index (Phi) is 5.70. The van der Waals surface area contributed by atoms with Crippen LogP contribution in [0.3, 0.4) is 0 Å². The molecule has 5 nitrogen and oxygen atoms in total. The molecule has 1 amide bonds. The van der Waals surface area contributed by atoms with Crippen LogP contribution in [-0.2, 0) is 24.3 Å². The zero-order valence-electron chi connectivity index (χ0n) is 15.3. The Morgan fingerprint density at radius 1 is 1.19 bits per heavy atom. The first kappa shape index (κ1) is 17.7. The third-order valence-electron chi connectivity index (χ3n) is 5.66. The molecular weight excluding hydrogens is 344 g/mol. The summed E-state index contributed by atoms with van der Waals surface area (Å²) in [6.45, 7) is 6.08. The molecule has 0 aliphatic carbocycles. The van der Waals surface area contributed by atoms with Gasteiger partial charge in [0.05, 0.1) is 18.7 Å². The van der Waals surface area contributed by atoms with Crippen LogP contribution in [0.15, 0.2) is 29.1 Å². The topological polar surface area (TPSA) is 41.4 Å². The van der Waals surface area contributed by atoms with Gasteiger partial charge in [0.2, 0.25) is 5.91 Å². The summed E-state index contributed by atoms with van der Waals surface area (Å²) in [7, 11) is 0. The van der Waals surface area contributed by atoms with Crippen LogP contribution in [0.5, 0.6) is 0 Å². The van der Waals surface area contributed by atoms with E-state index in [-0.39, 0.29) is 5.91 Å². The van der Waals surface area contributed by atoms with Gasteiger partial charge in [-0.05, 0) is 73.3 Å². The van der Waals surface area contributed by atoms with Crippen LogP contribution in [0.25, 0.3) is 0 Å². The molecule has 0 spiro atoms. The van der Waals surface area contributed by atoms with Crippen molar-refractivity contribution < 1.29 is 4.79 Å². The molecule has 2 aliphatic rings. The lowest BCUT2D eigenvalue weighted by Crippen LogP contribution is -2.37. The summed E-state index contributed by atoms with van der Waals surface area (Å²) in [5, 5.41) is 8.62. The molecule has 0 radical (unpaired) electrons. The summed E-state index contributed by atoms with van der Waals surface area (Å²) < 4.78 is 2.11. The summed E-state index contributed by atoms with van der Waals surface area (Å²) in [6, 6.07) is 4.11. The SMILES string of the molecule is O=C(Cc1ccsc1)N1Cc2ccnn2C[C@H](CCN2CCCCC2)C1. The zero-order valence-corrected chi connectivity index (χ0v) is 16.2. The molecule has 0 unspecified atom stereocenters. The summed E-state index contributed by atoms with van der Waals surface area (Å²) in [5.74, 6) is 0.713. The molecule has 26 heavy (non-hydrogen) atoms. The molecule has 6 heteroatoms. The van der Waals surface area contributed by atoms with E-state index in [0.717, 1.165) is 37.3 Å². The highest BCUT2D eigenvalue weighted by Crippen LogP contribution is 2.21. The third-order valence-corrected chi connectivity index (χ3v) is 6.39. The van der Waals surface area contributed by atoms with Crippen molar-refractivity contribution in [1.29, 1.82) is 0 Å². The molecule has 1 fully saturated rings. The fraction of sp³-hybridized carbons (Fsp3) is 0.600. The highest BCUT2D eigenvalue weighted by molar-refractivity contribution is 7.08. The van der Waals surface area contributed by atoms with E-state index < -0.39 is 0 Å². The maximum Gasteiger partial charge on any atom is 0.227 e. The highest BCUT2D eigenvalue weighted by Gasteiger charge is 2.26. The third kappa shape index (κ3) is 4.35. The first-order valence-corrected chi connectivity index (χ1v) is 10.7. The largest absolute Gasteiger partial charge is 0.336 e. The van der Waals surface area contributed by atoms with Crippen LogP contribution in [0, 0.1) is 5.92 Å². The van der Waals surface area contributed by atoms with Gasteiger partial charge in [-0.2, -0.15) is 16.4 Å². The molecule has 2 aromatic rings. The molecule has 0 aromatic carbocycles. The minimum Gasteiger partial charge on any atom is -0.336 e. The summed E-state index contributed by atoms with van der Waals surface area (Å²) in [5.41, 5.74) is 2.28. The van der Waals surface area contributed by atoms with Crippen LogP contribution >= 0.6 is 11.3 Å². The fourth-order valence-electron chi connectivity index (χ4n) is 4.13. The van der Waals surface area contributed by atoms with Crippen molar-refractivity contribution in [3.05, 3.63) is 40.3 Å². The standard InChI is InChI=1S/C20H28N4OS/c25-20(12-17-6-11-26-16-17)23-13-18(5-10-22-8-2-1-3-9-22)14-24-19(15-23)4-7-21-24/h4,6-7,11,16,18H,1-3,5,8-10,12-15H2/t18-/m1/s1. The fourth-order valence-corrected chi connectivity index (χ4v) is 4.80. The number of piperidine rings is 1. The number of rotatable bonds is 5. The summed E-state index contributed by atoms with van der Waals surface area (Å²) >= 11 is 1.66. The van der Waals surface area contributed by atoms with Crippen molar-refractivity contribution in [2.75, 3.05) is 26.2 Å². The van der Waals surface area contributed by atoms with Gasteiger partial charge in [0.1, 0.15) is 0 Å². The normalized spacial score (nSPS) is 21.4. The number of carbonyl (C=O) groups is 1. The minimum atomic E-state index is 0.237. The number of hydrogen-bond donors (Lipinski definition) is 0. The van der Waals surface area contributed by atoms with Crippen molar-refractivity contribution in [1.82, 2.24) is 19.6 Å². The van der Waals surface area contributed by atoms with Gasteiger partial charge >= 0.3 is 0 Å². The van der Waals surface area contributed by atoms with Crippen LogP contribution in [0.2, 0.25) is 0 Å². The van der Waals surface area contributed by atoms with Gasteiger partial charge in [0.15, 0.2) is 0 Å². The van der Waals surface area contributed by atoms with E-state index in [1.165, 1.54) is 32.4 Å². The minimum absolute atomic E-state index is 0.237. The second-order valence-corrected chi connectivity index (χ2v) is 8.42. The van der Waals surface area contributed by atoms with E-state index >= 15 is 0 Å². The highest BCUT2D eigenvalue weighted by atomic mass is 32.1. The Hall–Kier alpha value is -1.66. The summed E-state index contributed by atoms with van der Waals surface area (Å²) in [6.07, 6.45) is 7.56. The van der Waals surface area contributed by atoms with E-state index in [0.29, 0.717) is 18.9 Å². The Balaban J connectivity index is 1.41. The number of nitrogens with zero attached hydrogens (tertiary/aromatic N) is 4. The molecule has 0 saturated carbocycles. The van der Waals surface area contributed by atoms with E-state index in [2.05, 4.69) is 37.1 Å². The zero-order chi connectivity index (χ0) is 17.8. The van der Waals surface area contributed by atoms with Crippen LogP contribution in [0.1, 0.15) is 36.9 Å². The van der Waals surface area contributed by atoms with Gasteiger partial charge in [-0.3, -0.25) is 9.48 Å². The number of hydrogen-bond acceptors (Lipinski definition) is 4. The predicted molar refractivity (Wildman–Crippen MR) is 104 cm³/mol. The lowest BCUT2D eigenvalue weighted by atomic mass is 10.0. The summed E-state index contributed by atoms with van der Waals surface area (Å²) in [4.78, 5) is 17.5. The predicted octanol–water partition coefficient (Wildman–Crippen LogP) is 3.02. The maximum atomic E-state index is 12.9. The molecule has 2 aromatic heterocycles. The number of likely N-dealkylation sites (tertiary alicyclic amines) is 1. The first-order valence-electron chi connectivity index (χ1n) is 9.80. The van der Waals surface area contributed by atoms with Crippen LogP contribution < -0.4 is 0 Å². The van der Waals surface area contributed by atoms with Crippen molar-refractivity contribution in [2.24, 2.45) is 5.92 Å². The van der Waals surface area contributed by atoms with Crippen LogP contribution in [0.4, 0.5) is 0 Å². The molecule has 4 rings (SSSR count). The van der Waals surface area contributed by atoms with E-state index in [1.807, 2.05) is 11.6 Å².